The van der Waals surface area contributed by atoms with Crippen LogP contribution in [0.25, 0.3) is 43.7 Å². The number of aromatic amines is 1. The lowest BCUT2D eigenvalue weighted by molar-refractivity contribution is 0.449. The van der Waals surface area contributed by atoms with Crippen molar-refractivity contribution in [1.82, 2.24) is 4.98 Å². The zero-order chi connectivity index (χ0) is 25.1. The molecule has 36 heavy (non-hydrogen) atoms. The van der Waals surface area contributed by atoms with Gasteiger partial charge < -0.3 is 9.40 Å². The van der Waals surface area contributed by atoms with Crippen molar-refractivity contribution in [3.05, 3.63) is 59.7 Å². The van der Waals surface area contributed by atoms with Crippen LogP contribution in [0.2, 0.25) is 0 Å². The molecule has 0 saturated carbocycles. The highest BCUT2D eigenvalue weighted by Gasteiger charge is 2.15. The molecule has 1 unspecified atom stereocenters. The Morgan fingerprint density at radius 1 is 0.611 bits per heavy atom. The van der Waals surface area contributed by atoms with Crippen LogP contribution in [-0.2, 0) is 12.8 Å². The van der Waals surface area contributed by atoms with E-state index < -0.39 is 0 Å². The molecule has 2 aromatic heterocycles. The van der Waals surface area contributed by atoms with Gasteiger partial charge in [-0.2, -0.15) is 0 Å². The molecule has 0 saturated heterocycles. The summed E-state index contributed by atoms with van der Waals surface area (Å²) in [6.07, 6.45) is 12.7. The molecule has 0 bridgehead atoms. The first-order valence-electron chi connectivity index (χ1n) is 14.5. The number of hydrogen-bond acceptors (Lipinski definition) is 1. The average Bonchev–Trinajstić information content (AvgIpc) is 3.43. The van der Waals surface area contributed by atoms with Gasteiger partial charge in [-0.15, -0.1) is 0 Å². The first kappa shape index (κ1) is 24.9. The number of nitrogens with one attached hydrogen (secondary N) is 1. The maximum atomic E-state index is 6.43. The molecule has 5 rings (SSSR count). The molecule has 2 heterocycles. The average molecular weight is 482 g/mol. The molecule has 0 fully saturated rings. The van der Waals surface area contributed by atoms with E-state index in [1.807, 2.05) is 0 Å². The van der Waals surface area contributed by atoms with Gasteiger partial charge in [-0.1, -0.05) is 103 Å². The molecule has 0 amide bonds. The summed E-state index contributed by atoms with van der Waals surface area (Å²) in [5, 5.41) is 4.98. The third kappa shape index (κ3) is 5.05. The third-order valence-corrected chi connectivity index (χ3v) is 8.45. The van der Waals surface area contributed by atoms with Crippen molar-refractivity contribution in [2.75, 3.05) is 0 Å². The minimum Gasteiger partial charge on any atom is -0.456 e. The summed E-state index contributed by atoms with van der Waals surface area (Å²) in [6.45, 7) is 9.23. The lowest BCUT2D eigenvalue weighted by Gasteiger charge is -2.14. The van der Waals surface area contributed by atoms with E-state index in [9.17, 15) is 0 Å². The van der Waals surface area contributed by atoms with E-state index in [2.05, 4.69) is 81.2 Å². The first-order chi connectivity index (χ1) is 17.6. The van der Waals surface area contributed by atoms with E-state index in [0.29, 0.717) is 0 Å². The summed E-state index contributed by atoms with van der Waals surface area (Å²) in [6, 6.07) is 18.4. The van der Waals surface area contributed by atoms with Gasteiger partial charge >= 0.3 is 0 Å². The fourth-order valence-corrected chi connectivity index (χ4v) is 6.08. The second-order valence-corrected chi connectivity index (χ2v) is 11.1. The number of unbranched alkanes of at least 4 members (excludes halogenated alkanes) is 2. The highest BCUT2D eigenvalue weighted by atomic mass is 16.3. The van der Waals surface area contributed by atoms with Crippen LogP contribution in [0.15, 0.2) is 52.9 Å². The fourth-order valence-electron chi connectivity index (χ4n) is 6.08. The number of fused-ring (bicyclic) bond motifs is 6. The predicted molar refractivity (Wildman–Crippen MR) is 157 cm³/mol. The summed E-state index contributed by atoms with van der Waals surface area (Å²) < 4.78 is 6.43. The van der Waals surface area contributed by atoms with Gasteiger partial charge in [0.15, 0.2) is 0 Å². The lowest BCUT2D eigenvalue weighted by atomic mass is 9.91. The summed E-state index contributed by atoms with van der Waals surface area (Å²) in [7, 11) is 0. The van der Waals surface area contributed by atoms with Gasteiger partial charge in [-0.05, 0) is 60.1 Å². The highest BCUT2D eigenvalue weighted by Crippen LogP contribution is 2.36. The third-order valence-electron chi connectivity index (χ3n) is 8.45. The number of hydrogen-bond donors (Lipinski definition) is 1. The zero-order valence-electron chi connectivity index (χ0n) is 22.8. The maximum absolute atomic E-state index is 6.43. The topological polar surface area (TPSA) is 28.9 Å². The van der Waals surface area contributed by atoms with Gasteiger partial charge in [0.1, 0.15) is 11.2 Å². The Balaban J connectivity index is 1.46. The number of benzene rings is 3. The predicted octanol–water partition coefficient (Wildman–Crippen LogP) is 10.7. The SMILES string of the molecule is CCCCC(CC)Cc1ccc2c(c1)[nH]c1cc3c(cc12)oc1cc(C[C@@H](CC)CCCC)ccc13. The smallest absolute Gasteiger partial charge is 0.136 e. The Morgan fingerprint density at radius 3 is 1.83 bits per heavy atom. The van der Waals surface area contributed by atoms with Crippen molar-refractivity contribution in [1.29, 1.82) is 0 Å². The van der Waals surface area contributed by atoms with E-state index in [0.717, 1.165) is 29.4 Å². The van der Waals surface area contributed by atoms with Crippen LogP contribution < -0.4 is 0 Å². The fraction of sp³-hybridized carbons (Fsp3) is 0.471. The molecule has 0 radical (unpaired) electrons. The summed E-state index contributed by atoms with van der Waals surface area (Å²) in [5.74, 6) is 1.55. The zero-order valence-corrected chi connectivity index (χ0v) is 22.8. The summed E-state index contributed by atoms with van der Waals surface area (Å²) in [5.41, 5.74) is 7.29. The first-order valence-corrected chi connectivity index (χ1v) is 14.5. The van der Waals surface area contributed by atoms with Gasteiger partial charge in [-0.25, -0.2) is 0 Å². The van der Waals surface area contributed by atoms with Gasteiger partial charge in [0.25, 0.3) is 0 Å². The molecular weight excluding hydrogens is 438 g/mol. The van der Waals surface area contributed by atoms with Crippen LogP contribution in [0.4, 0.5) is 0 Å². The molecule has 0 aliphatic rings. The Labute approximate surface area is 216 Å². The monoisotopic (exact) mass is 481 g/mol. The van der Waals surface area contributed by atoms with Crippen LogP contribution in [0.5, 0.6) is 0 Å². The molecule has 2 atom stereocenters. The van der Waals surface area contributed by atoms with Crippen LogP contribution in [-0.4, -0.2) is 4.98 Å². The molecule has 2 heteroatoms. The van der Waals surface area contributed by atoms with Crippen LogP contribution in [0.1, 0.15) is 90.2 Å². The van der Waals surface area contributed by atoms with Gasteiger partial charge in [0.05, 0.1) is 0 Å². The Bertz CT molecular complexity index is 1340. The van der Waals surface area contributed by atoms with Crippen LogP contribution in [0.3, 0.4) is 0 Å². The number of rotatable bonds is 12. The standard InChI is InChI=1S/C34H43NO/c1-5-9-11-23(7-3)17-25-13-15-27-29-22-34-30(21-32(29)35-31(27)19-25)28-16-14-26(20-33(28)36-34)18-24(8-4)12-10-6-2/h13-16,19-24,35H,5-12,17-18H2,1-4H3/t23?,24-/m0/s1. The van der Waals surface area contributed by atoms with E-state index in [-0.39, 0.29) is 0 Å². The molecular formula is C34H43NO. The van der Waals surface area contributed by atoms with E-state index in [4.69, 9.17) is 4.42 Å². The van der Waals surface area contributed by atoms with Gasteiger partial charge in [0, 0.05) is 32.6 Å². The second kappa shape index (κ2) is 11.1. The van der Waals surface area contributed by atoms with Crippen molar-refractivity contribution in [3.8, 4) is 0 Å². The highest BCUT2D eigenvalue weighted by molar-refractivity contribution is 6.16. The molecule has 3 aromatic carbocycles. The number of H-pyrrole nitrogens is 1. The van der Waals surface area contributed by atoms with E-state index in [1.165, 1.54) is 101 Å². The van der Waals surface area contributed by atoms with E-state index in [1.54, 1.807) is 0 Å². The van der Waals surface area contributed by atoms with Crippen molar-refractivity contribution < 1.29 is 4.42 Å². The minimum atomic E-state index is 0.764. The Hall–Kier alpha value is -2.74. The minimum absolute atomic E-state index is 0.764. The van der Waals surface area contributed by atoms with Gasteiger partial charge in [0.2, 0.25) is 0 Å². The maximum Gasteiger partial charge on any atom is 0.136 e. The molecule has 0 aliphatic heterocycles. The Kier molecular flexibility index (Phi) is 7.70. The van der Waals surface area contributed by atoms with Gasteiger partial charge in [-0.3, -0.25) is 0 Å². The van der Waals surface area contributed by atoms with Crippen LogP contribution >= 0.6 is 0 Å². The molecule has 2 nitrogen and oxygen atoms in total. The molecule has 5 aromatic rings. The molecule has 0 spiro atoms. The van der Waals surface area contributed by atoms with Crippen molar-refractivity contribution >= 4 is 43.7 Å². The second-order valence-electron chi connectivity index (χ2n) is 11.1. The molecule has 190 valence electrons. The molecule has 1 N–H and O–H groups in total. The lowest BCUT2D eigenvalue weighted by Crippen LogP contribution is -2.03. The van der Waals surface area contributed by atoms with Crippen molar-refractivity contribution in [3.63, 3.8) is 0 Å². The van der Waals surface area contributed by atoms with Crippen molar-refractivity contribution in [2.45, 2.75) is 91.9 Å². The Morgan fingerprint density at radius 2 is 1.19 bits per heavy atom. The molecule has 0 aliphatic carbocycles. The number of aromatic nitrogens is 1. The van der Waals surface area contributed by atoms with E-state index >= 15 is 0 Å². The van der Waals surface area contributed by atoms with Crippen LogP contribution in [0, 0.1) is 11.8 Å². The summed E-state index contributed by atoms with van der Waals surface area (Å²) in [4.78, 5) is 3.72. The normalized spacial score (nSPS) is 13.9. The number of furan rings is 1. The summed E-state index contributed by atoms with van der Waals surface area (Å²) >= 11 is 0. The quantitative estimate of drug-likeness (QED) is 0.189. The van der Waals surface area contributed by atoms with Crippen molar-refractivity contribution in [2.24, 2.45) is 11.8 Å². The largest absolute Gasteiger partial charge is 0.456 e.